The van der Waals surface area contributed by atoms with Crippen LogP contribution in [0.2, 0.25) is 12.1 Å². The molecule has 1 aliphatic rings. The van der Waals surface area contributed by atoms with Gasteiger partial charge in [0.25, 0.3) is 0 Å². The summed E-state index contributed by atoms with van der Waals surface area (Å²) < 4.78 is 6.03. The van der Waals surface area contributed by atoms with Crippen molar-refractivity contribution in [2.75, 3.05) is 13.1 Å². The molecule has 1 heterocycles. The first kappa shape index (κ1) is 14.6. The molecule has 1 fully saturated rings. The van der Waals surface area contributed by atoms with E-state index in [2.05, 4.69) is 0 Å². The van der Waals surface area contributed by atoms with E-state index in [0.29, 0.717) is 14.7 Å². The first-order chi connectivity index (χ1) is 7.86. The van der Waals surface area contributed by atoms with Gasteiger partial charge in [-0.25, -0.2) is 0 Å². The first-order valence-corrected chi connectivity index (χ1v) is 16.4. The van der Waals surface area contributed by atoms with E-state index in [0.717, 1.165) is 13.1 Å². The van der Waals surface area contributed by atoms with E-state index in [1.165, 1.54) is 38.1 Å². The number of hydrogen-bond donors (Lipinski definition) is 2. The molecule has 1 saturated heterocycles. The van der Waals surface area contributed by atoms with Crippen LogP contribution in [0.15, 0.2) is 0 Å². The minimum atomic E-state index is -0.278. The lowest BCUT2D eigenvalue weighted by Gasteiger charge is -2.28. The maximum Gasteiger partial charge on any atom is 0.141 e. The molecule has 0 aromatic rings. The second kappa shape index (κ2) is 9.55. The summed E-state index contributed by atoms with van der Waals surface area (Å²) in [6.07, 6.45) is 7.06. The Morgan fingerprint density at radius 1 is 1.12 bits per heavy atom. The van der Waals surface area contributed by atoms with Crippen molar-refractivity contribution in [2.24, 2.45) is 11.5 Å². The van der Waals surface area contributed by atoms with Gasteiger partial charge in [-0.3, -0.25) is 0 Å². The van der Waals surface area contributed by atoms with Crippen molar-refractivity contribution in [3.8, 4) is 0 Å². The van der Waals surface area contributed by atoms with Crippen LogP contribution in [-0.4, -0.2) is 45.3 Å². The van der Waals surface area contributed by atoms with Gasteiger partial charge in [0.15, 0.2) is 0 Å². The van der Waals surface area contributed by atoms with Gasteiger partial charge in [-0.1, -0.05) is 12.5 Å². The van der Waals surface area contributed by atoms with E-state index < -0.39 is 0 Å². The van der Waals surface area contributed by atoms with Crippen molar-refractivity contribution in [3.05, 3.63) is 0 Å². The topological polar surface area (TPSA) is 61.3 Å². The van der Waals surface area contributed by atoms with Crippen LogP contribution in [-0.2, 0) is 4.43 Å². The largest absolute Gasteiger partial charge is 0.426 e. The predicted octanol–water partition coefficient (Wildman–Crippen LogP) is -0.855. The molecule has 96 valence electrons. The van der Waals surface area contributed by atoms with Gasteiger partial charge in [0.1, 0.15) is 9.28 Å². The van der Waals surface area contributed by atoms with Crippen LogP contribution in [0.5, 0.6) is 0 Å². The van der Waals surface area contributed by atoms with E-state index in [1.54, 1.807) is 6.04 Å². The molecule has 16 heavy (non-hydrogen) atoms. The Labute approximate surface area is 106 Å². The summed E-state index contributed by atoms with van der Waals surface area (Å²) in [7, 11) is 0.0292. The van der Waals surface area contributed by atoms with Gasteiger partial charge in [-0.05, 0) is 44.8 Å². The lowest BCUT2D eigenvalue weighted by molar-refractivity contribution is 0.221. The van der Waals surface area contributed by atoms with Crippen molar-refractivity contribution in [2.45, 2.75) is 50.3 Å². The molecule has 1 aliphatic heterocycles. The minimum absolute atomic E-state index is 0.0168. The number of nitrogens with two attached hydrogens (primary N) is 2. The van der Waals surface area contributed by atoms with Crippen molar-refractivity contribution < 1.29 is 4.43 Å². The van der Waals surface area contributed by atoms with Gasteiger partial charge in [-0.2, -0.15) is 0 Å². The molecule has 0 spiro atoms. The van der Waals surface area contributed by atoms with E-state index in [9.17, 15) is 0 Å². The molecule has 6 heteroatoms. The Kier molecular flexibility index (Phi) is 8.71. The zero-order chi connectivity index (χ0) is 11.6. The number of unbranched alkanes of at least 4 members (excludes halogenated alkanes) is 2. The summed E-state index contributed by atoms with van der Waals surface area (Å²) in [6.45, 7) is 1.73. The van der Waals surface area contributed by atoms with Crippen LogP contribution in [0.1, 0.15) is 32.1 Å². The Bertz CT molecular complexity index is 158. The van der Waals surface area contributed by atoms with Crippen LogP contribution in [0, 0.1) is 0 Å². The summed E-state index contributed by atoms with van der Waals surface area (Å²) in [5.41, 5.74) is 11.1. The Hall–Kier alpha value is 0.531. The average molecular weight is 277 g/mol. The highest BCUT2D eigenvalue weighted by atomic mass is 29.5. The van der Waals surface area contributed by atoms with Gasteiger partial charge in [0, 0.05) is 23.0 Å². The van der Waals surface area contributed by atoms with Gasteiger partial charge in [0.05, 0.1) is 0 Å². The fraction of sp³-hybridized carbons (Fsp3) is 1.00. The minimum Gasteiger partial charge on any atom is -0.426 e. The summed E-state index contributed by atoms with van der Waals surface area (Å²) in [5.74, 6) is 0. The third-order valence-electron chi connectivity index (χ3n) is 3.52. The van der Waals surface area contributed by atoms with E-state index in [4.69, 9.17) is 15.9 Å². The molecule has 0 aromatic carbocycles. The second-order valence-electron chi connectivity index (χ2n) is 4.95. The molecule has 2 unspecified atom stereocenters. The monoisotopic (exact) mass is 276 g/mol. The molecule has 0 radical (unpaired) electrons. The maximum absolute atomic E-state index is 6.03. The Morgan fingerprint density at radius 2 is 1.88 bits per heavy atom. The highest BCUT2D eigenvalue weighted by Gasteiger charge is 2.23. The van der Waals surface area contributed by atoms with E-state index in [-0.39, 0.29) is 17.6 Å². The molecule has 0 aromatic heterocycles. The molecule has 2 atom stereocenters. The van der Waals surface area contributed by atoms with Crippen LogP contribution in [0.3, 0.4) is 0 Å². The van der Waals surface area contributed by atoms with Gasteiger partial charge < -0.3 is 15.9 Å². The molecule has 0 bridgehead atoms. The van der Waals surface area contributed by atoms with Crippen molar-refractivity contribution >= 4 is 26.1 Å². The van der Waals surface area contributed by atoms with Crippen molar-refractivity contribution in [1.82, 2.24) is 0 Å². The average Bonchev–Trinajstić information content (AvgIpc) is 2.30. The molecule has 0 saturated carbocycles. The van der Waals surface area contributed by atoms with Gasteiger partial charge >= 0.3 is 0 Å². The van der Waals surface area contributed by atoms with E-state index >= 15 is 0 Å². The van der Waals surface area contributed by atoms with Crippen LogP contribution >= 0.6 is 0 Å². The second-order valence-corrected chi connectivity index (χ2v) is 20.7. The molecule has 1 rings (SSSR count). The van der Waals surface area contributed by atoms with Crippen LogP contribution in [0.25, 0.3) is 0 Å². The highest BCUT2D eigenvalue weighted by molar-refractivity contribution is 7.35. The molecular weight excluding hydrogens is 248 g/mol. The standard InChI is InChI=1S/C10H28N2OSi3/c11-6-2-1-5-10-9-16(15-14-13-10)8-4-3-7-12/h10,16H,1-9,11-12,14-15H2. The third-order valence-corrected chi connectivity index (χ3v) is 23.3. The predicted molar refractivity (Wildman–Crippen MR) is 79.9 cm³/mol. The van der Waals surface area contributed by atoms with Gasteiger partial charge in [-0.15, -0.1) is 0 Å². The smallest absolute Gasteiger partial charge is 0.141 e. The fourth-order valence-electron chi connectivity index (χ4n) is 2.52. The zero-order valence-electron chi connectivity index (χ0n) is 10.5. The summed E-state index contributed by atoms with van der Waals surface area (Å²) in [4.78, 5) is 0. The Morgan fingerprint density at radius 3 is 2.62 bits per heavy atom. The first-order valence-electron chi connectivity index (χ1n) is 6.88. The highest BCUT2D eigenvalue weighted by Crippen LogP contribution is 2.17. The summed E-state index contributed by atoms with van der Waals surface area (Å²) in [6, 6.07) is 3.07. The maximum atomic E-state index is 6.03. The summed E-state index contributed by atoms with van der Waals surface area (Å²) >= 11 is 0. The number of hydrogen-bond acceptors (Lipinski definition) is 3. The number of rotatable bonds is 8. The Balaban J connectivity index is 2.09. The quantitative estimate of drug-likeness (QED) is 0.448. The lowest BCUT2D eigenvalue weighted by atomic mass is 10.2. The fourth-order valence-corrected chi connectivity index (χ4v) is 21.5. The molecule has 0 amide bonds. The molecule has 4 N–H and O–H groups in total. The van der Waals surface area contributed by atoms with Crippen molar-refractivity contribution in [3.63, 3.8) is 0 Å². The van der Waals surface area contributed by atoms with Crippen molar-refractivity contribution in [1.29, 1.82) is 0 Å². The lowest BCUT2D eigenvalue weighted by Crippen LogP contribution is -2.40. The molecule has 0 aliphatic carbocycles. The van der Waals surface area contributed by atoms with Gasteiger partial charge in [0.2, 0.25) is 0 Å². The zero-order valence-corrected chi connectivity index (χ0v) is 14.5. The third kappa shape index (κ3) is 6.31. The SMILES string of the molecule is NCCCCC1C[SiH](CCCCN)[SiH2][SiH2]O1. The van der Waals surface area contributed by atoms with Crippen LogP contribution < -0.4 is 11.5 Å². The van der Waals surface area contributed by atoms with E-state index in [1.807, 2.05) is 0 Å². The normalized spacial score (nSPS) is 28.9. The summed E-state index contributed by atoms with van der Waals surface area (Å²) in [5, 5.41) is 0. The van der Waals surface area contributed by atoms with Crippen LogP contribution in [0.4, 0.5) is 0 Å². The molecular formula is C10H28N2OSi3. The molecule has 3 nitrogen and oxygen atoms in total.